The Morgan fingerprint density at radius 1 is 0.897 bits per heavy atom. The highest BCUT2D eigenvalue weighted by atomic mass is 16.1. The van der Waals surface area contributed by atoms with E-state index in [4.69, 9.17) is 10.7 Å². The van der Waals surface area contributed by atoms with Crippen molar-refractivity contribution in [3.8, 4) is 11.1 Å². The van der Waals surface area contributed by atoms with Crippen molar-refractivity contribution in [1.82, 2.24) is 15.3 Å². The predicted octanol–water partition coefficient (Wildman–Crippen LogP) is 4.37. The molecule has 29 heavy (non-hydrogen) atoms. The number of nitrogen functional groups attached to an aromatic ring is 1. The van der Waals surface area contributed by atoms with Crippen molar-refractivity contribution in [2.24, 2.45) is 0 Å². The Morgan fingerprint density at radius 3 is 2.52 bits per heavy atom. The van der Waals surface area contributed by atoms with Crippen molar-refractivity contribution in [2.45, 2.75) is 19.9 Å². The van der Waals surface area contributed by atoms with Crippen molar-refractivity contribution in [1.29, 1.82) is 0 Å². The van der Waals surface area contributed by atoms with Crippen molar-refractivity contribution in [2.75, 3.05) is 5.73 Å². The molecule has 0 unspecified atom stereocenters. The number of nitrogens with two attached hydrogens (primary N) is 1. The number of pyridine rings is 2. The molecule has 0 radical (unpaired) electrons. The Labute approximate surface area is 169 Å². The number of rotatable bonds is 5. The molecule has 5 nitrogen and oxygen atoms in total. The Hall–Kier alpha value is -3.73. The molecule has 0 aliphatic carbocycles. The summed E-state index contributed by atoms with van der Waals surface area (Å²) in [6, 6.07) is 23.3. The Morgan fingerprint density at radius 2 is 1.72 bits per heavy atom. The highest BCUT2D eigenvalue weighted by molar-refractivity contribution is 5.99. The number of nitrogens with one attached hydrogen (secondary N) is 1. The highest BCUT2D eigenvalue weighted by Crippen LogP contribution is 2.30. The lowest BCUT2D eigenvalue weighted by molar-refractivity contribution is 0.0946. The number of fused-ring (bicyclic) bond motifs is 1. The van der Waals surface area contributed by atoms with E-state index in [1.807, 2.05) is 67.6 Å². The van der Waals surface area contributed by atoms with Crippen LogP contribution in [0.5, 0.6) is 0 Å². The van der Waals surface area contributed by atoms with Crippen LogP contribution in [-0.2, 0) is 13.0 Å². The molecule has 1 amide bonds. The minimum atomic E-state index is -0.197. The number of nitrogens with zero attached hydrogens (tertiary/aromatic N) is 2. The number of hydrogen-bond acceptors (Lipinski definition) is 4. The van der Waals surface area contributed by atoms with E-state index in [0.29, 0.717) is 18.1 Å². The van der Waals surface area contributed by atoms with E-state index >= 15 is 0 Å². The van der Waals surface area contributed by atoms with Gasteiger partial charge in [0.15, 0.2) is 0 Å². The molecule has 5 heteroatoms. The summed E-state index contributed by atoms with van der Waals surface area (Å²) in [5.41, 5.74) is 10.9. The van der Waals surface area contributed by atoms with Gasteiger partial charge in [-0.25, -0.2) is 9.97 Å². The lowest BCUT2D eigenvalue weighted by Gasteiger charge is -2.12. The second-order valence-corrected chi connectivity index (χ2v) is 6.83. The van der Waals surface area contributed by atoms with Crippen LogP contribution in [0.25, 0.3) is 22.0 Å². The van der Waals surface area contributed by atoms with Gasteiger partial charge in [0.2, 0.25) is 0 Å². The molecule has 4 rings (SSSR count). The molecule has 4 aromatic rings. The second-order valence-electron chi connectivity index (χ2n) is 6.83. The van der Waals surface area contributed by atoms with Crippen LogP contribution in [0, 0.1) is 0 Å². The maximum absolute atomic E-state index is 12.7. The molecule has 0 spiro atoms. The van der Waals surface area contributed by atoms with Gasteiger partial charge in [0.25, 0.3) is 5.91 Å². The normalized spacial score (nSPS) is 10.8. The van der Waals surface area contributed by atoms with Crippen molar-refractivity contribution >= 4 is 22.6 Å². The molecule has 2 aromatic carbocycles. The quantitative estimate of drug-likeness (QED) is 0.537. The van der Waals surface area contributed by atoms with Gasteiger partial charge in [0.05, 0.1) is 11.2 Å². The first-order valence-corrected chi connectivity index (χ1v) is 9.63. The van der Waals surface area contributed by atoms with E-state index in [0.717, 1.165) is 39.7 Å². The lowest BCUT2D eigenvalue weighted by atomic mass is 9.99. The zero-order valence-corrected chi connectivity index (χ0v) is 16.2. The van der Waals surface area contributed by atoms with Crippen LogP contribution in [-0.4, -0.2) is 15.9 Å². The number of amides is 1. The minimum absolute atomic E-state index is 0.197. The average molecular weight is 382 g/mol. The predicted molar refractivity (Wildman–Crippen MR) is 116 cm³/mol. The summed E-state index contributed by atoms with van der Waals surface area (Å²) in [6.45, 7) is 2.51. The van der Waals surface area contributed by atoms with Gasteiger partial charge < -0.3 is 11.1 Å². The maximum atomic E-state index is 12.7. The minimum Gasteiger partial charge on any atom is -0.384 e. The Kier molecular flexibility index (Phi) is 5.20. The largest absolute Gasteiger partial charge is 0.384 e. The number of hydrogen-bond donors (Lipinski definition) is 2. The fourth-order valence-electron chi connectivity index (χ4n) is 3.39. The number of aryl methyl sites for hydroxylation is 1. The molecule has 0 atom stereocenters. The van der Waals surface area contributed by atoms with E-state index in [1.54, 1.807) is 12.1 Å². The summed E-state index contributed by atoms with van der Waals surface area (Å²) in [5, 5.41) is 3.91. The summed E-state index contributed by atoms with van der Waals surface area (Å²) in [4.78, 5) is 21.8. The summed E-state index contributed by atoms with van der Waals surface area (Å²) in [6.07, 6.45) is 0.758. The van der Waals surface area contributed by atoms with E-state index in [1.165, 1.54) is 0 Å². The highest BCUT2D eigenvalue weighted by Gasteiger charge is 2.13. The maximum Gasteiger partial charge on any atom is 0.270 e. The van der Waals surface area contributed by atoms with Gasteiger partial charge in [-0.2, -0.15) is 0 Å². The third-order valence-corrected chi connectivity index (χ3v) is 4.87. The Balaban J connectivity index is 1.70. The lowest BCUT2D eigenvalue weighted by Crippen LogP contribution is -2.23. The van der Waals surface area contributed by atoms with Crippen LogP contribution in [0.2, 0.25) is 0 Å². The van der Waals surface area contributed by atoms with Crippen LogP contribution in [0.3, 0.4) is 0 Å². The first-order valence-electron chi connectivity index (χ1n) is 9.63. The number of anilines is 1. The average Bonchev–Trinajstić information content (AvgIpc) is 2.77. The molecule has 0 fully saturated rings. The number of benzene rings is 2. The van der Waals surface area contributed by atoms with Crippen LogP contribution < -0.4 is 11.1 Å². The molecule has 0 aliphatic rings. The fourth-order valence-corrected chi connectivity index (χ4v) is 3.39. The molecule has 2 aromatic heterocycles. The van der Waals surface area contributed by atoms with Crippen molar-refractivity contribution in [3.05, 3.63) is 89.7 Å². The molecule has 0 bridgehead atoms. The van der Waals surface area contributed by atoms with Crippen LogP contribution in [0.15, 0.2) is 72.8 Å². The molecule has 0 saturated heterocycles. The zero-order valence-electron chi connectivity index (χ0n) is 16.2. The van der Waals surface area contributed by atoms with E-state index in [2.05, 4.69) is 10.3 Å². The van der Waals surface area contributed by atoms with Crippen LogP contribution in [0.1, 0.15) is 28.7 Å². The zero-order chi connectivity index (χ0) is 20.2. The third-order valence-electron chi connectivity index (χ3n) is 4.87. The van der Waals surface area contributed by atoms with Gasteiger partial charge >= 0.3 is 0 Å². The van der Waals surface area contributed by atoms with Crippen molar-refractivity contribution in [3.63, 3.8) is 0 Å². The second kappa shape index (κ2) is 8.10. The molecule has 3 N–H and O–H groups in total. The SMILES string of the molecule is CCc1nc(N)ccc1-c1cccc2ccc(C(=O)NCc3ccccc3)nc12. The van der Waals surface area contributed by atoms with Crippen LogP contribution >= 0.6 is 0 Å². The van der Waals surface area contributed by atoms with E-state index in [9.17, 15) is 4.79 Å². The summed E-state index contributed by atoms with van der Waals surface area (Å²) < 4.78 is 0. The summed E-state index contributed by atoms with van der Waals surface area (Å²) in [5.74, 6) is 0.302. The molecule has 0 saturated carbocycles. The molecular formula is C24H22N4O. The summed E-state index contributed by atoms with van der Waals surface area (Å²) in [7, 11) is 0. The van der Waals surface area contributed by atoms with E-state index in [-0.39, 0.29) is 5.91 Å². The van der Waals surface area contributed by atoms with Gasteiger partial charge in [-0.15, -0.1) is 0 Å². The fraction of sp³-hybridized carbons (Fsp3) is 0.125. The number of carbonyl (C=O) groups is 1. The van der Waals surface area contributed by atoms with E-state index < -0.39 is 0 Å². The van der Waals surface area contributed by atoms with Crippen LogP contribution in [0.4, 0.5) is 5.82 Å². The smallest absolute Gasteiger partial charge is 0.270 e. The van der Waals surface area contributed by atoms with Gasteiger partial charge in [0.1, 0.15) is 11.5 Å². The van der Waals surface area contributed by atoms with Gasteiger partial charge in [0, 0.05) is 23.1 Å². The summed E-state index contributed by atoms with van der Waals surface area (Å²) >= 11 is 0. The third kappa shape index (κ3) is 3.94. The number of para-hydroxylation sites is 1. The van der Waals surface area contributed by atoms with Crippen molar-refractivity contribution < 1.29 is 4.79 Å². The standard InChI is InChI=1S/C24H22N4O/c1-2-20-18(12-14-22(25)27-20)19-10-6-9-17-11-13-21(28-23(17)19)24(29)26-15-16-7-4-3-5-8-16/h3-14H,2,15H2,1H3,(H2,25,27)(H,26,29). The molecule has 0 aliphatic heterocycles. The van der Waals surface area contributed by atoms with Gasteiger partial charge in [-0.05, 0) is 30.2 Å². The molecule has 2 heterocycles. The first kappa shape index (κ1) is 18.6. The topological polar surface area (TPSA) is 80.9 Å². The Bertz CT molecular complexity index is 1170. The van der Waals surface area contributed by atoms with Gasteiger partial charge in [-0.3, -0.25) is 4.79 Å². The molecule has 144 valence electrons. The number of aromatic nitrogens is 2. The monoisotopic (exact) mass is 382 g/mol. The first-order chi connectivity index (χ1) is 14.2. The number of carbonyl (C=O) groups excluding carboxylic acids is 1. The molecular weight excluding hydrogens is 360 g/mol. The van der Waals surface area contributed by atoms with Gasteiger partial charge in [-0.1, -0.05) is 61.5 Å².